The number of hydrogen-bond donors (Lipinski definition) is 6. The largest absolute Gasteiger partial charge is 0.508 e. The number of carbonyl (C=O) groups is 3. The van der Waals surface area contributed by atoms with E-state index in [2.05, 4.69) is 16.0 Å². The minimum absolute atomic E-state index is 0.00404. The maximum atomic E-state index is 12.5. The molecule has 164 valence electrons. The normalized spacial score (nSPS) is 19.4. The van der Waals surface area contributed by atoms with Crippen molar-refractivity contribution in [1.82, 2.24) is 16.0 Å². The summed E-state index contributed by atoms with van der Waals surface area (Å²) in [5, 5.41) is 28.3. The van der Waals surface area contributed by atoms with Gasteiger partial charge >= 0.3 is 0 Å². The second kappa shape index (κ2) is 9.48. The number of fused-ring (bicyclic) bond motifs is 5. The predicted molar refractivity (Wildman–Crippen MR) is 114 cm³/mol. The van der Waals surface area contributed by atoms with Crippen molar-refractivity contribution in [2.75, 3.05) is 13.1 Å². The minimum atomic E-state index is -0.978. The van der Waals surface area contributed by atoms with Crippen LogP contribution in [0.25, 0.3) is 11.1 Å². The summed E-state index contributed by atoms with van der Waals surface area (Å²) in [6.07, 6.45) is 0.120. The second-order valence-electron chi connectivity index (χ2n) is 7.43. The first-order chi connectivity index (χ1) is 14.8. The summed E-state index contributed by atoms with van der Waals surface area (Å²) in [5.74, 6) is -1.52. The lowest BCUT2D eigenvalue weighted by atomic mass is 9.95. The van der Waals surface area contributed by atoms with Gasteiger partial charge in [0.05, 0.1) is 12.6 Å². The van der Waals surface area contributed by atoms with Crippen molar-refractivity contribution in [2.24, 2.45) is 5.73 Å². The Morgan fingerprint density at radius 2 is 1.65 bits per heavy atom. The van der Waals surface area contributed by atoms with E-state index in [1.165, 1.54) is 12.1 Å². The molecule has 0 saturated carbocycles. The first kappa shape index (κ1) is 22.1. The average Bonchev–Trinajstić information content (AvgIpc) is 2.74. The van der Waals surface area contributed by atoms with Crippen LogP contribution >= 0.6 is 0 Å². The van der Waals surface area contributed by atoms with Gasteiger partial charge in [-0.3, -0.25) is 14.4 Å². The Labute approximate surface area is 179 Å². The lowest BCUT2D eigenvalue weighted by molar-refractivity contribution is -0.130. The Morgan fingerprint density at radius 3 is 2.23 bits per heavy atom. The van der Waals surface area contributed by atoms with Gasteiger partial charge in [-0.25, -0.2) is 0 Å². The number of rotatable bonds is 2. The summed E-state index contributed by atoms with van der Waals surface area (Å²) in [4.78, 5) is 37.2. The number of amides is 3. The molecule has 1 aliphatic heterocycles. The molecule has 0 aromatic heterocycles. The lowest BCUT2D eigenvalue weighted by Gasteiger charge is -2.19. The zero-order chi connectivity index (χ0) is 22.5. The van der Waals surface area contributed by atoms with Crippen LogP contribution in [0.4, 0.5) is 0 Å². The Kier molecular flexibility index (Phi) is 6.76. The van der Waals surface area contributed by atoms with E-state index in [-0.39, 0.29) is 30.9 Å². The van der Waals surface area contributed by atoms with Crippen LogP contribution < -0.4 is 21.7 Å². The van der Waals surface area contributed by atoms with Crippen LogP contribution in [0.3, 0.4) is 0 Å². The lowest BCUT2D eigenvalue weighted by Crippen LogP contribution is -2.52. The van der Waals surface area contributed by atoms with Gasteiger partial charge < -0.3 is 31.9 Å². The van der Waals surface area contributed by atoms with E-state index in [1.807, 2.05) is 0 Å². The van der Waals surface area contributed by atoms with Crippen LogP contribution in [0.1, 0.15) is 18.1 Å². The summed E-state index contributed by atoms with van der Waals surface area (Å²) in [7, 11) is 0. The summed E-state index contributed by atoms with van der Waals surface area (Å²) in [6, 6.07) is 7.98. The van der Waals surface area contributed by atoms with Crippen molar-refractivity contribution >= 4 is 17.7 Å². The molecule has 3 rings (SSSR count). The highest BCUT2D eigenvalue weighted by molar-refractivity contribution is 5.91. The van der Waals surface area contributed by atoms with E-state index in [9.17, 15) is 24.6 Å². The van der Waals surface area contributed by atoms with Crippen molar-refractivity contribution in [3.05, 3.63) is 47.5 Å². The van der Waals surface area contributed by atoms with E-state index in [4.69, 9.17) is 5.73 Å². The van der Waals surface area contributed by atoms with Crippen molar-refractivity contribution in [1.29, 1.82) is 0 Å². The minimum Gasteiger partial charge on any atom is -0.508 e. The number of benzene rings is 2. The van der Waals surface area contributed by atoms with E-state index < -0.39 is 29.8 Å². The first-order valence-electron chi connectivity index (χ1n) is 10.0. The Bertz CT molecular complexity index is 1010. The van der Waals surface area contributed by atoms with Crippen molar-refractivity contribution in [3.63, 3.8) is 0 Å². The Balaban J connectivity index is 2.06. The van der Waals surface area contributed by atoms with Gasteiger partial charge in [-0.15, -0.1) is 0 Å². The van der Waals surface area contributed by atoms with Gasteiger partial charge in [-0.1, -0.05) is 12.1 Å². The SMILES string of the molecule is CCNC(=O)C1Cc2cc(ccc2O)-c2ccc(O)c(c2)CC(N)C(=O)NCC(=O)N1. The molecule has 0 spiro atoms. The molecule has 9 heteroatoms. The van der Waals surface area contributed by atoms with Crippen molar-refractivity contribution in [3.8, 4) is 22.6 Å². The molecule has 2 aromatic carbocycles. The fourth-order valence-corrected chi connectivity index (χ4v) is 3.46. The average molecular weight is 426 g/mol. The van der Waals surface area contributed by atoms with Gasteiger partial charge in [-0.05, 0) is 53.4 Å². The third-order valence-electron chi connectivity index (χ3n) is 5.12. The standard InChI is InChI=1S/C22H26N4O5/c1-2-24-22(31)17-10-15-8-13(4-6-19(15)28)12-3-5-18(27)14(7-12)9-16(23)21(30)25-11-20(29)26-17/h3-8,16-17,27-28H,2,9-11,23H2,1H3,(H,24,31)(H,25,30)(H,26,29). The van der Waals surface area contributed by atoms with Gasteiger partial charge in [-0.2, -0.15) is 0 Å². The molecule has 0 saturated heterocycles. The van der Waals surface area contributed by atoms with Gasteiger partial charge in [0.1, 0.15) is 17.5 Å². The zero-order valence-electron chi connectivity index (χ0n) is 17.1. The molecule has 0 fully saturated rings. The molecule has 7 N–H and O–H groups in total. The summed E-state index contributed by atoms with van der Waals surface area (Å²) >= 11 is 0. The topological polar surface area (TPSA) is 154 Å². The maximum absolute atomic E-state index is 12.5. The van der Waals surface area contributed by atoms with Gasteiger partial charge in [0.25, 0.3) is 0 Å². The smallest absolute Gasteiger partial charge is 0.242 e. The third-order valence-corrected chi connectivity index (χ3v) is 5.12. The molecular weight excluding hydrogens is 400 g/mol. The zero-order valence-corrected chi connectivity index (χ0v) is 17.1. The predicted octanol–water partition coefficient (Wildman–Crippen LogP) is -0.0722. The number of carbonyl (C=O) groups excluding carboxylic acids is 3. The van der Waals surface area contributed by atoms with Crippen LogP contribution in [-0.4, -0.2) is 53.1 Å². The monoisotopic (exact) mass is 426 g/mol. The highest BCUT2D eigenvalue weighted by Gasteiger charge is 2.24. The summed E-state index contributed by atoms with van der Waals surface area (Å²) in [5.41, 5.74) is 8.40. The quantitative estimate of drug-likeness (QED) is 0.395. The van der Waals surface area contributed by atoms with Crippen molar-refractivity contribution in [2.45, 2.75) is 31.8 Å². The fourth-order valence-electron chi connectivity index (χ4n) is 3.46. The fraction of sp³-hybridized carbons (Fsp3) is 0.318. The molecule has 0 radical (unpaired) electrons. The first-order valence-corrected chi connectivity index (χ1v) is 10.0. The number of aromatic hydroxyl groups is 2. The van der Waals surface area contributed by atoms with Crippen LogP contribution in [0.15, 0.2) is 36.4 Å². The number of nitrogens with one attached hydrogen (secondary N) is 3. The highest BCUT2D eigenvalue weighted by Crippen LogP contribution is 2.30. The molecule has 2 aromatic rings. The number of nitrogens with two attached hydrogens (primary N) is 1. The van der Waals surface area contributed by atoms with Crippen LogP contribution in [0.5, 0.6) is 11.5 Å². The van der Waals surface area contributed by atoms with Crippen molar-refractivity contribution < 1.29 is 24.6 Å². The molecule has 1 heterocycles. The molecule has 2 unspecified atom stereocenters. The highest BCUT2D eigenvalue weighted by atomic mass is 16.3. The van der Waals surface area contributed by atoms with E-state index in [1.54, 1.807) is 31.2 Å². The molecule has 4 bridgehead atoms. The summed E-state index contributed by atoms with van der Waals surface area (Å²) in [6.45, 7) is 1.77. The second-order valence-corrected chi connectivity index (χ2v) is 7.43. The molecule has 3 amide bonds. The van der Waals surface area contributed by atoms with E-state index >= 15 is 0 Å². The molecule has 31 heavy (non-hydrogen) atoms. The number of hydrogen-bond acceptors (Lipinski definition) is 6. The Morgan fingerprint density at radius 1 is 1.06 bits per heavy atom. The van der Waals surface area contributed by atoms with E-state index in [0.717, 1.165) is 11.1 Å². The summed E-state index contributed by atoms with van der Waals surface area (Å²) < 4.78 is 0. The number of phenols is 2. The van der Waals surface area contributed by atoms with Crippen LogP contribution in [0, 0.1) is 0 Å². The van der Waals surface area contributed by atoms with Crippen LogP contribution in [0.2, 0.25) is 0 Å². The van der Waals surface area contributed by atoms with Crippen LogP contribution in [-0.2, 0) is 27.2 Å². The van der Waals surface area contributed by atoms with Gasteiger partial charge in [0.15, 0.2) is 0 Å². The molecule has 1 aliphatic rings. The molecule has 0 aliphatic carbocycles. The Hall–Kier alpha value is -3.59. The number of likely N-dealkylation sites (N-methyl/N-ethyl adjacent to an activating group) is 1. The van der Waals surface area contributed by atoms with E-state index in [0.29, 0.717) is 17.7 Å². The molecular formula is C22H26N4O5. The molecule has 2 atom stereocenters. The van der Waals surface area contributed by atoms with Gasteiger partial charge in [0, 0.05) is 19.4 Å². The van der Waals surface area contributed by atoms with Gasteiger partial charge in [0.2, 0.25) is 17.7 Å². The maximum Gasteiger partial charge on any atom is 0.242 e. The molecule has 9 nitrogen and oxygen atoms in total. The third kappa shape index (κ3) is 5.32. The number of phenolic OH excluding ortho intramolecular Hbond substituents is 2.